The zero-order chi connectivity index (χ0) is 19.3. The molecule has 0 bridgehead atoms. The highest BCUT2D eigenvalue weighted by atomic mass is 16.2. The van der Waals surface area contributed by atoms with E-state index < -0.39 is 0 Å². The van der Waals surface area contributed by atoms with Crippen LogP contribution in [0.2, 0.25) is 0 Å². The van der Waals surface area contributed by atoms with E-state index in [1.54, 1.807) is 0 Å². The summed E-state index contributed by atoms with van der Waals surface area (Å²) in [6.45, 7) is 5.27. The summed E-state index contributed by atoms with van der Waals surface area (Å²) in [7, 11) is 0. The third-order valence-corrected chi connectivity index (χ3v) is 5.41. The molecule has 1 amide bonds. The molecule has 8 heteroatoms. The van der Waals surface area contributed by atoms with Gasteiger partial charge >= 0.3 is 0 Å². The highest BCUT2D eigenvalue weighted by Gasteiger charge is 2.28. The van der Waals surface area contributed by atoms with Crippen LogP contribution >= 0.6 is 0 Å². The number of amides is 1. The van der Waals surface area contributed by atoms with Crippen molar-refractivity contribution in [3.63, 3.8) is 0 Å². The maximum atomic E-state index is 12.9. The van der Waals surface area contributed by atoms with Crippen molar-refractivity contribution in [2.75, 3.05) is 13.1 Å². The molecule has 8 nitrogen and oxygen atoms in total. The second-order valence-electron chi connectivity index (χ2n) is 7.42. The van der Waals surface area contributed by atoms with Crippen LogP contribution < -0.4 is 0 Å². The smallest absolute Gasteiger partial charge is 0.253 e. The van der Waals surface area contributed by atoms with E-state index in [-0.39, 0.29) is 11.8 Å². The van der Waals surface area contributed by atoms with E-state index in [9.17, 15) is 4.79 Å². The number of benzene rings is 1. The maximum Gasteiger partial charge on any atom is 0.253 e. The van der Waals surface area contributed by atoms with Gasteiger partial charge in [-0.15, -0.1) is 10.2 Å². The zero-order valence-electron chi connectivity index (χ0n) is 15.9. The van der Waals surface area contributed by atoms with Gasteiger partial charge in [0.1, 0.15) is 5.82 Å². The molecule has 1 N–H and O–H groups in total. The summed E-state index contributed by atoms with van der Waals surface area (Å²) < 4.78 is 1.84. The van der Waals surface area contributed by atoms with Gasteiger partial charge in [0.15, 0.2) is 11.5 Å². The third kappa shape index (κ3) is 2.81. The van der Waals surface area contributed by atoms with Crippen molar-refractivity contribution in [1.29, 1.82) is 0 Å². The van der Waals surface area contributed by atoms with E-state index in [0.717, 1.165) is 46.9 Å². The predicted octanol–water partition coefficient (Wildman–Crippen LogP) is 2.64. The number of aromatic amines is 1. The standard InChI is InChI=1S/C20H21N7O/c1-12-3-6-18-23-24-19(27(18)25-12)14-7-9-26(10-8-14)20(28)15-4-5-16-17(11-15)22-13(2)21-16/h3-6,11,14H,7-10H2,1-2H3,(H,21,22). The van der Waals surface area contributed by atoms with Crippen LogP contribution in [0.15, 0.2) is 30.3 Å². The fourth-order valence-corrected chi connectivity index (χ4v) is 3.95. The van der Waals surface area contributed by atoms with Crippen LogP contribution in [-0.4, -0.2) is 53.7 Å². The third-order valence-electron chi connectivity index (χ3n) is 5.41. The Labute approximate surface area is 161 Å². The van der Waals surface area contributed by atoms with Crippen molar-refractivity contribution < 1.29 is 4.79 Å². The number of fused-ring (bicyclic) bond motifs is 2. The van der Waals surface area contributed by atoms with Crippen LogP contribution in [-0.2, 0) is 0 Å². The fourth-order valence-electron chi connectivity index (χ4n) is 3.95. The number of carbonyl (C=O) groups is 1. The van der Waals surface area contributed by atoms with Crippen LogP contribution in [0, 0.1) is 13.8 Å². The van der Waals surface area contributed by atoms with Gasteiger partial charge in [-0.1, -0.05) is 0 Å². The SMILES string of the molecule is Cc1ccc2nnc(C3CCN(C(=O)c4ccc5nc(C)[nH]c5c4)CC3)n2n1. The molecule has 5 rings (SSSR count). The molecule has 1 aliphatic heterocycles. The Morgan fingerprint density at radius 2 is 1.93 bits per heavy atom. The maximum absolute atomic E-state index is 12.9. The fraction of sp³-hybridized carbons (Fsp3) is 0.350. The normalized spacial score (nSPS) is 15.6. The number of hydrogen-bond donors (Lipinski definition) is 1. The first-order valence-corrected chi connectivity index (χ1v) is 9.53. The molecular formula is C20H21N7O. The molecule has 4 aromatic rings. The molecule has 4 heterocycles. The Balaban J connectivity index is 1.33. The molecule has 1 aromatic carbocycles. The van der Waals surface area contributed by atoms with E-state index in [0.29, 0.717) is 18.7 Å². The highest BCUT2D eigenvalue weighted by molar-refractivity contribution is 5.97. The monoisotopic (exact) mass is 375 g/mol. The van der Waals surface area contributed by atoms with Crippen LogP contribution in [0.4, 0.5) is 0 Å². The van der Waals surface area contributed by atoms with Crippen molar-refractivity contribution in [3.05, 3.63) is 53.2 Å². The summed E-state index contributed by atoms with van der Waals surface area (Å²) in [6.07, 6.45) is 1.71. The molecule has 0 spiro atoms. The first-order chi connectivity index (χ1) is 13.6. The van der Waals surface area contributed by atoms with Gasteiger partial charge in [-0.2, -0.15) is 9.61 Å². The van der Waals surface area contributed by atoms with E-state index in [4.69, 9.17) is 0 Å². The molecule has 1 fully saturated rings. The minimum Gasteiger partial charge on any atom is -0.342 e. The number of aryl methyl sites for hydroxylation is 2. The predicted molar refractivity (Wildman–Crippen MR) is 104 cm³/mol. The van der Waals surface area contributed by atoms with Gasteiger partial charge < -0.3 is 9.88 Å². The average Bonchev–Trinajstić information content (AvgIpc) is 3.29. The summed E-state index contributed by atoms with van der Waals surface area (Å²) >= 11 is 0. The van der Waals surface area contributed by atoms with Crippen LogP contribution in [0.1, 0.15) is 46.5 Å². The van der Waals surface area contributed by atoms with Gasteiger partial charge in [0.25, 0.3) is 5.91 Å². The molecule has 142 valence electrons. The Bertz CT molecular complexity index is 1180. The zero-order valence-corrected chi connectivity index (χ0v) is 15.9. The van der Waals surface area contributed by atoms with Crippen molar-refractivity contribution in [1.82, 2.24) is 34.7 Å². The number of nitrogens with zero attached hydrogens (tertiary/aromatic N) is 6. The van der Waals surface area contributed by atoms with E-state index in [1.165, 1.54) is 0 Å². The molecule has 0 unspecified atom stereocenters. The number of hydrogen-bond acceptors (Lipinski definition) is 5. The van der Waals surface area contributed by atoms with Crippen molar-refractivity contribution >= 4 is 22.6 Å². The van der Waals surface area contributed by atoms with Gasteiger partial charge in [-0.25, -0.2) is 4.98 Å². The van der Waals surface area contributed by atoms with Gasteiger partial charge in [0.2, 0.25) is 0 Å². The topological polar surface area (TPSA) is 92.1 Å². The van der Waals surface area contributed by atoms with E-state index >= 15 is 0 Å². The van der Waals surface area contributed by atoms with Gasteiger partial charge in [0, 0.05) is 24.6 Å². The Morgan fingerprint density at radius 3 is 2.75 bits per heavy atom. The molecule has 1 aliphatic rings. The number of rotatable bonds is 2. The Morgan fingerprint density at radius 1 is 1.11 bits per heavy atom. The van der Waals surface area contributed by atoms with Gasteiger partial charge in [-0.3, -0.25) is 4.79 Å². The minimum absolute atomic E-state index is 0.0627. The lowest BCUT2D eigenvalue weighted by molar-refractivity contribution is 0.0711. The molecule has 0 atom stereocenters. The molecule has 0 saturated carbocycles. The van der Waals surface area contributed by atoms with Gasteiger partial charge in [0.05, 0.1) is 16.7 Å². The average molecular weight is 375 g/mol. The van der Waals surface area contributed by atoms with E-state index in [2.05, 4.69) is 25.3 Å². The summed E-state index contributed by atoms with van der Waals surface area (Å²) in [6, 6.07) is 9.52. The molecular weight excluding hydrogens is 354 g/mol. The van der Waals surface area contributed by atoms with Crippen molar-refractivity contribution in [2.45, 2.75) is 32.6 Å². The largest absolute Gasteiger partial charge is 0.342 e. The number of nitrogens with one attached hydrogen (secondary N) is 1. The number of carbonyl (C=O) groups excluding carboxylic acids is 1. The summed E-state index contributed by atoms with van der Waals surface area (Å²) in [5.41, 5.74) is 4.18. The number of piperidine rings is 1. The minimum atomic E-state index is 0.0627. The number of likely N-dealkylation sites (tertiary alicyclic amines) is 1. The van der Waals surface area contributed by atoms with Gasteiger partial charge in [-0.05, 0) is 57.0 Å². The molecule has 28 heavy (non-hydrogen) atoms. The first-order valence-electron chi connectivity index (χ1n) is 9.53. The molecule has 3 aromatic heterocycles. The van der Waals surface area contributed by atoms with Crippen molar-refractivity contribution in [2.24, 2.45) is 0 Å². The number of imidazole rings is 1. The van der Waals surface area contributed by atoms with Crippen LogP contribution in [0.3, 0.4) is 0 Å². The Hall–Kier alpha value is -3.29. The lowest BCUT2D eigenvalue weighted by Gasteiger charge is -2.31. The molecule has 1 saturated heterocycles. The van der Waals surface area contributed by atoms with Crippen LogP contribution in [0.25, 0.3) is 16.7 Å². The second-order valence-corrected chi connectivity index (χ2v) is 7.42. The molecule has 0 aliphatic carbocycles. The van der Waals surface area contributed by atoms with Crippen molar-refractivity contribution in [3.8, 4) is 0 Å². The Kier molecular flexibility index (Phi) is 3.85. The number of aromatic nitrogens is 6. The van der Waals surface area contributed by atoms with Crippen LogP contribution in [0.5, 0.6) is 0 Å². The first kappa shape index (κ1) is 16.9. The number of H-pyrrole nitrogens is 1. The molecule has 0 radical (unpaired) electrons. The lowest BCUT2D eigenvalue weighted by Crippen LogP contribution is -2.38. The second kappa shape index (κ2) is 6.40. The summed E-state index contributed by atoms with van der Waals surface area (Å²) in [5, 5.41) is 13.1. The lowest BCUT2D eigenvalue weighted by atomic mass is 9.95. The van der Waals surface area contributed by atoms with E-state index in [1.807, 2.05) is 53.6 Å². The summed E-state index contributed by atoms with van der Waals surface area (Å²) in [5.74, 6) is 2.06. The highest BCUT2D eigenvalue weighted by Crippen LogP contribution is 2.28. The quantitative estimate of drug-likeness (QED) is 0.581. The summed E-state index contributed by atoms with van der Waals surface area (Å²) in [4.78, 5) is 22.5.